The molecule has 2 aromatic carbocycles. The fourth-order valence-electron chi connectivity index (χ4n) is 1.94. The molecule has 0 N–H and O–H groups in total. The van der Waals surface area contributed by atoms with Crippen LogP contribution >= 0.6 is 11.6 Å². The van der Waals surface area contributed by atoms with Crippen LogP contribution in [-0.4, -0.2) is 38.4 Å². The number of carbonyl (C=O) groups excluding carboxylic acids is 2. The second-order valence-electron chi connectivity index (χ2n) is 5.05. The van der Waals surface area contributed by atoms with E-state index in [2.05, 4.69) is 0 Å². The molecular formula is C19H19ClO6. The van der Waals surface area contributed by atoms with E-state index in [1.54, 1.807) is 24.3 Å². The highest BCUT2D eigenvalue weighted by Gasteiger charge is 2.10. The summed E-state index contributed by atoms with van der Waals surface area (Å²) in [4.78, 5) is 23.6. The lowest BCUT2D eigenvalue weighted by Gasteiger charge is -2.08. The van der Waals surface area contributed by atoms with Crippen LogP contribution in [0.15, 0.2) is 48.5 Å². The molecule has 0 radical (unpaired) electrons. The van der Waals surface area contributed by atoms with Gasteiger partial charge in [-0.25, -0.2) is 9.59 Å². The molecule has 0 saturated heterocycles. The number of esters is 2. The van der Waals surface area contributed by atoms with Gasteiger partial charge in [0.15, 0.2) is 6.61 Å². The molecule has 0 aliphatic rings. The first-order valence-electron chi connectivity index (χ1n) is 8.03. The summed E-state index contributed by atoms with van der Waals surface area (Å²) in [6, 6.07) is 12.9. The van der Waals surface area contributed by atoms with Gasteiger partial charge in [0.25, 0.3) is 0 Å². The number of para-hydroxylation sites is 1. The molecule has 0 aliphatic heterocycles. The van der Waals surface area contributed by atoms with E-state index in [0.29, 0.717) is 35.3 Å². The number of hydrogen-bond donors (Lipinski definition) is 0. The number of halogens is 1. The Hall–Kier alpha value is -2.57. The predicted octanol–water partition coefficient (Wildman–Crippen LogP) is 3.52. The number of ether oxygens (including phenoxy) is 4. The molecule has 0 heterocycles. The average molecular weight is 379 g/mol. The van der Waals surface area contributed by atoms with E-state index < -0.39 is 11.9 Å². The first-order chi connectivity index (χ1) is 12.6. The standard InChI is InChI=1S/C19H19ClO6/c1-2-23-11-12-24-19(22)14-7-9-15(10-8-14)26-18(21)13-25-17-6-4-3-5-16(17)20/h3-10H,2,11-13H2,1H3. The number of rotatable bonds is 9. The number of hydrogen-bond acceptors (Lipinski definition) is 6. The van der Waals surface area contributed by atoms with Crippen molar-refractivity contribution in [3.05, 3.63) is 59.1 Å². The third-order valence-electron chi connectivity index (χ3n) is 3.17. The van der Waals surface area contributed by atoms with Crippen molar-refractivity contribution in [3.63, 3.8) is 0 Å². The molecule has 0 saturated carbocycles. The molecule has 2 aromatic rings. The van der Waals surface area contributed by atoms with Crippen LogP contribution in [-0.2, 0) is 14.3 Å². The smallest absolute Gasteiger partial charge is 0.349 e. The Balaban J connectivity index is 1.80. The second-order valence-corrected chi connectivity index (χ2v) is 5.46. The Bertz CT molecular complexity index is 729. The fourth-order valence-corrected chi connectivity index (χ4v) is 2.13. The summed E-state index contributed by atoms with van der Waals surface area (Å²) in [6.45, 7) is 2.68. The normalized spacial score (nSPS) is 10.2. The van der Waals surface area contributed by atoms with Crippen LogP contribution in [0.25, 0.3) is 0 Å². The van der Waals surface area contributed by atoms with Gasteiger partial charge in [-0.3, -0.25) is 0 Å². The Kier molecular flexibility index (Phi) is 7.92. The van der Waals surface area contributed by atoms with Crippen molar-refractivity contribution in [1.29, 1.82) is 0 Å². The minimum Gasteiger partial charge on any atom is -0.480 e. The van der Waals surface area contributed by atoms with Gasteiger partial charge in [0.05, 0.1) is 17.2 Å². The Labute approximate surface area is 156 Å². The lowest BCUT2D eigenvalue weighted by molar-refractivity contribution is -0.136. The molecule has 0 spiro atoms. The third kappa shape index (κ3) is 6.38. The summed E-state index contributed by atoms with van der Waals surface area (Å²) in [7, 11) is 0. The van der Waals surface area contributed by atoms with E-state index >= 15 is 0 Å². The first-order valence-corrected chi connectivity index (χ1v) is 8.41. The van der Waals surface area contributed by atoms with Gasteiger partial charge in [0.1, 0.15) is 18.1 Å². The van der Waals surface area contributed by atoms with E-state index in [1.807, 2.05) is 6.92 Å². The molecule has 2 rings (SSSR count). The highest BCUT2D eigenvalue weighted by Crippen LogP contribution is 2.23. The molecule has 0 amide bonds. The molecule has 0 aliphatic carbocycles. The second kappa shape index (κ2) is 10.4. The van der Waals surface area contributed by atoms with E-state index in [9.17, 15) is 9.59 Å². The van der Waals surface area contributed by atoms with Gasteiger partial charge in [-0.15, -0.1) is 0 Å². The maximum atomic E-state index is 11.8. The van der Waals surface area contributed by atoms with Crippen LogP contribution in [0.5, 0.6) is 11.5 Å². The monoisotopic (exact) mass is 378 g/mol. The van der Waals surface area contributed by atoms with Crippen molar-refractivity contribution in [2.75, 3.05) is 26.4 Å². The van der Waals surface area contributed by atoms with Crippen LogP contribution < -0.4 is 9.47 Å². The van der Waals surface area contributed by atoms with Gasteiger partial charge in [0.2, 0.25) is 0 Å². The molecule has 0 fully saturated rings. The molecule has 6 nitrogen and oxygen atoms in total. The van der Waals surface area contributed by atoms with E-state index in [1.165, 1.54) is 24.3 Å². The SMILES string of the molecule is CCOCCOC(=O)c1ccc(OC(=O)COc2ccccc2Cl)cc1. The summed E-state index contributed by atoms with van der Waals surface area (Å²) in [5.41, 5.74) is 0.355. The Morgan fingerprint density at radius 3 is 2.42 bits per heavy atom. The Morgan fingerprint density at radius 1 is 1.00 bits per heavy atom. The molecule has 0 bridgehead atoms. The van der Waals surface area contributed by atoms with Crippen LogP contribution in [0.3, 0.4) is 0 Å². The van der Waals surface area contributed by atoms with Crippen molar-refractivity contribution in [3.8, 4) is 11.5 Å². The summed E-state index contributed by atoms with van der Waals surface area (Å²) < 4.78 is 20.6. The van der Waals surface area contributed by atoms with E-state index in [-0.39, 0.29) is 13.2 Å². The zero-order valence-electron chi connectivity index (χ0n) is 14.3. The topological polar surface area (TPSA) is 71.1 Å². The largest absolute Gasteiger partial charge is 0.480 e. The highest BCUT2D eigenvalue weighted by molar-refractivity contribution is 6.32. The van der Waals surface area contributed by atoms with Crippen molar-refractivity contribution in [1.82, 2.24) is 0 Å². The van der Waals surface area contributed by atoms with Gasteiger partial charge in [-0.05, 0) is 43.3 Å². The average Bonchev–Trinajstić information content (AvgIpc) is 2.65. The van der Waals surface area contributed by atoms with Crippen LogP contribution in [0, 0.1) is 0 Å². The lowest BCUT2D eigenvalue weighted by Crippen LogP contribution is -2.18. The van der Waals surface area contributed by atoms with Gasteiger partial charge in [0, 0.05) is 6.61 Å². The molecule has 0 aromatic heterocycles. The molecule has 138 valence electrons. The predicted molar refractivity (Wildman–Crippen MR) is 95.8 cm³/mol. The quantitative estimate of drug-likeness (QED) is 0.378. The zero-order chi connectivity index (χ0) is 18.8. The van der Waals surface area contributed by atoms with Gasteiger partial charge in [-0.2, -0.15) is 0 Å². The van der Waals surface area contributed by atoms with E-state index in [0.717, 1.165) is 0 Å². The maximum Gasteiger partial charge on any atom is 0.349 e. The minimum absolute atomic E-state index is 0.183. The van der Waals surface area contributed by atoms with E-state index in [4.69, 9.17) is 30.5 Å². The van der Waals surface area contributed by atoms with Crippen molar-refractivity contribution < 1.29 is 28.5 Å². The van der Waals surface area contributed by atoms with Gasteiger partial charge >= 0.3 is 11.9 Å². The molecule has 26 heavy (non-hydrogen) atoms. The fraction of sp³-hybridized carbons (Fsp3) is 0.263. The van der Waals surface area contributed by atoms with Crippen molar-refractivity contribution >= 4 is 23.5 Å². The van der Waals surface area contributed by atoms with Gasteiger partial charge < -0.3 is 18.9 Å². The minimum atomic E-state index is -0.586. The van der Waals surface area contributed by atoms with Crippen LogP contribution in [0.2, 0.25) is 5.02 Å². The molecular weight excluding hydrogens is 360 g/mol. The van der Waals surface area contributed by atoms with Crippen molar-refractivity contribution in [2.24, 2.45) is 0 Å². The third-order valence-corrected chi connectivity index (χ3v) is 3.48. The summed E-state index contributed by atoms with van der Waals surface area (Å²) in [6.07, 6.45) is 0. The maximum absolute atomic E-state index is 11.8. The lowest BCUT2D eigenvalue weighted by atomic mass is 10.2. The number of carbonyl (C=O) groups is 2. The zero-order valence-corrected chi connectivity index (χ0v) is 15.0. The summed E-state index contributed by atoms with van der Waals surface area (Å²) in [5, 5.41) is 0.410. The van der Waals surface area contributed by atoms with Gasteiger partial charge in [-0.1, -0.05) is 23.7 Å². The van der Waals surface area contributed by atoms with Crippen molar-refractivity contribution in [2.45, 2.75) is 6.92 Å². The molecule has 0 unspecified atom stereocenters. The molecule has 7 heteroatoms. The Morgan fingerprint density at radius 2 is 1.73 bits per heavy atom. The first kappa shape index (κ1) is 19.8. The highest BCUT2D eigenvalue weighted by atomic mass is 35.5. The van der Waals surface area contributed by atoms with Crippen LogP contribution in [0.4, 0.5) is 0 Å². The number of benzene rings is 2. The summed E-state index contributed by atoms with van der Waals surface area (Å²) >= 11 is 5.94. The van der Waals surface area contributed by atoms with Crippen LogP contribution in [0.1, 0.15) is 17.3 Å². The molecule has 0 atom stereocenters. The summed E-state index contributed by atoms with van der Waals surface area (Å²) in [5.74, 6) is -0.360.